The lowest BCUT2D eigenvalue weighted by molar-refractivity contribution is 0.00144. The van der Waals surface area contributed by atoms with Gasteiger partial charge in [-0.05, 0) is 18.6 Å². The van der Waals surface area contributed by atoms with Crippen LogP contribution < -0.4 is 5.32 Å². The molecule has 0 radical (unpaired) electrons. The molecule has 1 aromatic carbocycles. The number of carboxylic acid groups (broad SMARTS) is 1. The van der Waals surface area contributed by atoms with Crippen LogP contribution in [-0.2, 0) is 11.3 Å². The van der Waals surface area contributed by atoms with E-state index in [-0.39, 0.29) is 35.7 Å². The van der Waals surface area contributed by atoms with Crippen LogP contribution in [0.1, 0.15) is 34.7 Å². The maximum atomic E-state index is 14.7. The number of hydrogen-bond donors (Lipinski definition) is 2. The lowest BCUT2D eigenvalue weighted by atomic mass is 10.0. The van der Waals surface area contributed by atoms with Crippen molar-refractivity contribution in [2.45, 2.75) is 31.5 Å². The summed E-state index contributed by atoms with van der Waals surface area (Å²) in [6.45, 7) is 0.358. The molecule has 1 aromatic heterocycles. The van der Waals surface area contributed by atoms with Gasteiger partial charge >= 0.3 is 12.5 Å². The molecular formula is C17H15F3N4O5. The molecule has 2 amide bonds. The molecule has 2 aromatic rings. The molecule has 0 bridgehead atoms. The second kappa shape index (κ2) is 7.35. The number of hydrogen-bond acceptors (Lipinski definition) is 6. The molecule has 2 N–H and O–H groups in total. The largest absolute Gasteiger partial charge is 0.465 e. The fourth-order valence-electron chi connectivity index (χ4n) is 3.57. The molecular weight excluding hydrogens is 397 g/mol. The fourth-order valence-corrected chi connectivity index (χ4v) is 3.57. The third kappa shape index (κ3) is 3.50. The molecule has 9 nitrogen and oxygen atoms in total. The number of alkyl halides is 2. The first-order valence-electron chi connectivity index (χ1n) is 8.67. The Balaban J connectivity index is 1.64. The maximum Gasteiger partial charge on any atom is 0.404 e. The van der Waals surface area contributed by atoms with Gasteiger partial charge in [0.2, 0.25) is 5.89 Å². The maximum absolute atomic E-state index is 14.7. The Morgan fingerprint density at radius 2 is 2.14 bits per heavy atom. The van der Waals surface area contributed by atoms with E-state index in [1.165, 1.54) is 11.0 Å². The molecule has 0 spiro atoms. The van der Waals surface area contributed by atoms with Gasteiger partial charge in [-0.15, -0.1) is 10.2 Å². The summed E-state index contributed by atoms with van der Waals surface area (Å²) in [7, 11) is 0. The van der Waals surface area contributed by atoms with Crippen molar-refractivity contribution < 1.29 is 37.0 Å². The van der Waals surface area contributed by atoms with Crippen molar-refractivity contribution in [3.05, 3.63) is 35.0 Å². The van der Waals surface area contributed by atoms with E-state index in [0.29, 0.717) is 13.0 Å². The molecule has 29 heavy (non-hydrogen) atoms. The predicted octanol–water partition coefficient (Wildman–Crippen LogP) is 2.19. The van der Waals surface area contributed by atoms with Gasteiger partial charge in [0.15, 0.2) is 0 Å². The first-order valence-corrected chi connectivity index (χ1v) is 8.67. The van der Waals surface area contributed by atoms with Crippen LogP contribution in [0.5, 0.6) is 0 Å². The molecule has 2 atom stereocenters. The molecule has 1 fully saturated rings. The minimum atomic E-state index is -2.97. The number of ether oxygens (including phenoxy) is 1. The molecule has 2 aliphatic rings. The normalized spacial score (nSPS) is 21.5. The molecule has 154 valence electrons. The summed E-state index contributed by atoms with van der Waals surface area (Å²) in [6.07, 6.45) is -3.84. The van der Waals surface area contributed by atoms with E-state index in [4.69, 9.17) is 14.3 Å². The van der Waals surface area contributed by atoms with E-state index in [1.54, 1.807) is 0 Å². The number of carbonyl (C=O) groups is 2. The highest BCUT2D eigenvalue weighted by molar-refractivity contribution is 5.99. The highest BCUT2D eigenvalue weighted by Gasteiger charge is 2.40. The summed E-state index contributed by atoms with van der Waals surface area (Å²) in [5.74, 6) is -2.50. The Morgan fingerprint density at radius 1 is 1.34 bits per heavy atom. The zero-order valence-electron chi connectivity index (χ0n) is 14.8. The number of fused-ring (bicyclic) bond motifs is 1. The summed E-state index contributed by atoms with van der Waals surface area (Å²) in [6, 6.07) is 1.15. The summed E-state index contributed by atoms with van der Waals surface area (Å²) < 4.78 is 50.2. The lowest BCUT2D eigenvalue weighted by Gasteiger charge is -2.37. The van der Waals surface area contributed by atoms with Crippen LogP contribution >= 0.6 is 0 Å². The highest BCUT2D eigenvalue weighted by atomic mass is 19.3. The van der Waals surface area contributed by atoms with Crippen LogP contribution in [0.4, 0.5) is 18.0 Å². The Labute approximate surface area is 161 Å². The van der Waals surface area contributed by atoms with E-state index < -0.39 is 42.2 Å². The van der Waals surface area contributed by atoms with Gasteiger partial charge in [0, 0.05) is 23.3 Å². The first kappa shape index (κ1) is 19.2. The summed E-state index contributed by atoms with van der Waals surface area (Å²) in [5, 5.41) is 18.1. The van der Waals surface area contributed by atoms with Crippen molar-refractivity contribution >= 4 is 12.0 Å². The topological polar surface area (TPSA) is 118 Å². The van der Waals surface area contributed by atoms with E-state index in [1.807, 2.05) is 0 Å². The average molecular weight is 412 g/mol. The molecule has 4 rings (SSSR count). The fraction of sp³-hybridized carbons (Fsp3) is 0.412. The van der Waals surface area contributed by atoms with Crippen molar-refractivity contribution in [3.8, 4) is 11.5 Å². The number of amides is 2. The Bertz CT molecular complexity index is 967. The zero-order chi connectivity index (χ0) is 20.7. The Kier molecular flexibility index (Phi) is 4.86. The van der Waals surface area contributed by atoms with Gasteiger partial charge in [-0.2, -0.15) is 8.78 Å². The quantitative estimate of drug-likeness (QED) is 0.790. The van der Waals surface area contributed by atoms with Crippen molar-refractivity contribution in [1.29, 1.82) is 0 Å². The highest BCUT2D eigenvalue weighted by Crippen LogP contribution is 2.33. The van der Waals surface area contributed by atoms with Crippen LogP contribution in [0.15, 0.2) is 16.5 Å². The van der Waals surface area contributed by atoms with Crippen LogP contribution in [0.2, 0.25) is 0 Å². The molecule has 0 saturated carbocycles. The number of carbonyl (C=O) groups excluding carboxylic acids is 1. The summed E-state index contributed by atoms with van der Waals surface area (Å²) in [4.78, 5) is 25.3. The number of nitrogens with one attached hydrogen (secondary N) is 1. The third-order valence-corrected chi connectivity index (χ3v) is 4.92. The van der Waals surface area contributed by atoms with Crippen LogP contribution in [0.25, 0.3) is 11.5 Å². The summed E-state index contributed by atoms with van der Waals surface area (Å²) >= 11 is 0. The Morgan fingerprint density at radius 3 is 2.83 bits per heavy atom. The Hall–Kier alpha value is -3.15. The zero-order valence-corrected chi connectivity index (χ0v) is 14.8. The third-order valence-electron chi connectivity index (χ3n) is 4.92. The molecule has 1 saturated heterocycles. The van der Waals surface area contributed by atoms with Gasteiger partial charge in [0.1, 0.15) is 5.82 Å². The minimum absolute atomic E-state index is 0.00375. The lowest BCUT2D eigenvalue weighted by Crippen LogP contribution is -2.56. The number of rotatable bonds is 4. The molecule has 12 heteroatoms. The number of nitrogens with zero attached hydrogens (tertiary/aromatic N) is 3. The van der Waals surface area contributed by atoms with Gasteiger partial charge in [0.25, 0.3) is 11.8 Å². The van der Waals surface area contributed by atoms with E-state index in [0.717, 1.165) is 6.07 Å². The predicted molar refractivity (Wildman–Crippen MR) is 88.7 cm³/mol. The average Bonchev–Trinajstić information content (AvgIpc) is 3.28. The van der Waals surface area contributed by atoms with Crippen molar-refractivity contribution in [2.24, 2.45) is 0 Å². The standard InChI is InChI=1S/C17H15F3N4O5/c18-10-4-7(14-22-23-15(29-14)13(19)20)3-8-9(10)5-24(16(8)25)12-6-28-2-1-11(12)21-17(26)27/h3-4,11-13,21H,1-2,5-6H2,(H,26,27)/t11-,12-/m1/s1. The van der Waals surface area contributed by atoms with Crippen molar-refractivity contribution in [2.75, 3.05) is 13.2 Å². The van der Waals surface area contributed by atoms with E-state index in [9.17, 15) is 22.8 Å². The number of benzene rings is 1. The van der Waals surface area contributed by atoms with Gasteiger partial charge in [-0.25, -0.2) is 9.18 Å². The van der Waals surface area contributed by atoms with Gasteiger partial charge < -0.3 is 24.5 Å². The molecule has 0 unspecified atom stereocenters. The number of aromatic nitrogens is 2. The molecule has 0 aliphatic carbocycles. The smallest absolute Gasteiger partial charge is 0.404 e. The van der Waals surface area contributed by atoms with Crippen LogP contribution in [0.3, 0.4) is 0 Å². The van der Waals surface area contributed by atoms with Gasteiger partial charge in [0.05, 0.1) is 25.2 Å². The SMILES string of the molecule is O=C(O)N[C@@H]1CCOC[C@H]1N1Cc2c(F)cc(-c3nnc(C(F)F)o3)cc2C1=O. The second-order valence-electron chi connectivity index (χ2n) is 6.65. The monoisotopic (exact) mass is 412 g/mol. The van der Waals surface area contributed by atoms with Gasteiger partial charge in [-0.3, -0.25) is 4.79 Å². The summed E-state index contributed by atoms with van der Waals surface area (Å²) in [5.41, 5.74) is 0.138. The minimum Gasteiger partial charge on any atom is -0.465 e. The van der Waals surface area contributed by atoms with Crippen molar-refractivity contribution in [3.63, 3.8) is 0 Å². The van der Waals surface area contributed by atoms with Crippen LogP contribution in [0, 0.1) is 5.82 Å². The van der Waals surface area contributed by atoms with Gasteiger partial charge in [-0.1, -0.05) is 0 Å². The molecule has 3 heterocycles. The van der Waals surface area contributed by atoms with Crippen LogP contribution in [-0.4, -0.2) is 57.5 Å². The number of halogens is 3. The molecule has 2 aliphatic heterocycles. The second-order valence-corrected chi connectivity index (χ2v) is 6.65. The first-order chi connectivity index (χ1) is 13.8. The van der Waals surface area contributed by atoms with E-state index >= 15 is 0 Å². The van der Waals surface area contributed by atoms with Crippen molar-refractivity contribution in [1.82, 2.24) is 20.4 Å². The van der Waals surface area contributed by atoms with E-state index in [2.05, 4.69) is 15.5 Å².